The first-order valence-electron chi connectivity index (χ1n) is 9.88. The van der Waals surface area contributed by atoms with E-state index in [1.165, 1.54) is 0 Å². The first-order chi connectivity index (χ1) is 14.4. The van der Waals surface area contributed by atoms with Crippen LogP contribution in [0.3, 0.4) is 0 Å². The standard InChI is InChI=1S/C26H24ClNO2/c1-18(2)25(21-9-13-22(27)14-10-21)26(30)28-23-15-11-20(12-16-23)24(29)17-8-19-6-4-3-5-7-19/h3-18,25H,1-2H3,(H,28,30)/b17-8+. The highest BCUT2D eigenvalue weighted by Crippen LogP contribution is 2.27. The summed E-state index contributed by atoms with van der Waals surface area (Å²) in [6, 6.07) is 24.0. The number of nitrogens with one attached hydrogen (secondary N) is 1. The Morgan fingerprint density at radius 1 is 0.867 bits per heavy atom. The van der Waals surface area contributed by atoms with Gasteiger partial charge in [0.1, 0.15) is 0 Å². The lowest BCUT2D eigenvalue weighted by Crippen LogP contribution is -2.25. The quantitative estimate of drug-likeness (QED) is 0.347. The molecule has 152 valence electrons. The third-order valence-electron chi connectivity index (χ3n) is 4.84. The third-order valence-corrected chi connectivity index (χ3v) is 5.09. The normalized spacial score (nSPS) is 12.1. The number of carbonyl (C=O) groups excluding carboxylic acids is 2. The van der Waals surface area contributed by atoms with Gasteiger partial charge in [-0.3, -0.25) is 9.59 Å². The van der Waals surface area contributed by atoms with Crippen molar-refractivity contribution in [2.45, 2.75) is 19.8 Å². The summed E-state index contributed by atoms with van der Waals surface area (Å²) in [5.74, 6) is -0.346. The number of allylic oxidation sites excluding steroid dienone is 1. The van der Waals surface area contributed by atoms with Gasteiger partial charge >= 0.3 is 0 Å². The zero-order chi connectivity index (χ0) is 21.5. The van der Waals surface area contributed by atoms with E-state index >= 15 is 0 Å². The number of carbonyl (C=O) groups is 2. The molecule has 1 amide bonds. The van der Waals surface area contributed by atoms with Gasteiger partial charge in [-0.25, -0.2) is 0 Å². The van der Waals surface area contributed by atoms with Crippen molar-refractivity contribution in [2.24, 2.45) is 5.92 Å². The number of rotatable bonds is 7. The zero-order valence-corrected chi connectivity index (χ0v) is 17.8. The van der Waals surface area contributed by atoms with Crippen molar-refractivity contribution < 1.29 is 9.59 Å². The van der Waals surface area contributed by atoms with E-state index in [0.717, 1.165) is 11.1 Å². The van der Waals surface area contributed by atoms with Gasteiger partial charge in [-0.05, 0) is 59.5 Å². The second-order valence-electron chi connectivity index (χ2n) is 7.45. The minimum absolute atomic E-state index is 0.0852. The molecule has 0 saturated heterocycles. The van der Waals surface area contributed by atoms with Gasteiger partial charge in [0, 0.05) is 16.3 Å². The van der Waals surface area contributed by atoms with Crippen molar-refractivity contribution in [1.29, 1.82) is 0 Å². The molecule has 0 radical (unpaired) electrons. The van der Waals surface area contributed by atoms with Gasteiger partial charge in [0.15, 0.2) is 5.78 Å². The Morgan fingerprint density at radius 2 is 1.50 bits per heavy atom. The molecule has 0 aromatic heterocycles. The molecular weight excluding hydrogens is 394 g/mol. The van der Waals surface area contributed by atoms with Gasteiger partial charge in [0.25, 0.3) is 0 Å². The molecule has 0 spiro atoms. The summed E-state index contributed by atoms with van der Waals surface area (Å²) in [5.41, 5.74) is 3.11. The van der Waals surface area contributed by atoms with E-state index in [1.54, 1.807) is 48.6 Å². The zero-order valence-electron chi connectivity index (χ0n) is 17.0. The third kappa shape index (κ3) is 5.68. The van der Waals surface area contributed by atoms with Crippen molar-refractivity contribution >= 4 is 35.1 Å². The molecule has 0 aliphatic carbocycles. The van der Waals surface area contributed by atoms with Crippen LogP contribution in [-0.2, 0) is 4.79 Å². The SMILES string of the molecule is CC(C)C(C(=O)Nc1ccc(C(=O)/C=C/c2ccccc2)cc1)c1ccc(Cl)cc1. The maximum absolute atomic E-state index is 12.9. The summed E-state index contributed by atoms with van der Waals surface area (Å²) in [6.07, 6.45) is 3.34. The van der Waals surface area contributed by atoms with E-state index in [0.29, 0.717) is 16.3 Å². The van der Waals surface area contributed by atoms with E-state index < -0.39 is 0 Å². The summed E-state index contributed by atoms with van der Waals surface area (Å²) in [7, 11) is 0. The van der Waals surface area contributed by atoms with Crippen LogP contribution >= 0.6 is 11.6 Å². The Kier molecular flexibility index (Phi) is 7.21. The van der Waals surface area contributed by atoms with E-state index in [4.69, 9.17) is 11.6 Å². The number of halogens is 1. The van der Waals surface area contributed by atoms with E-state index in [2.05, 4.69) is 5.32 Å². The van der Waals surface area contributed by atoms with Gasteiger partial charge in [-0.15, -0.1) is 0 Å². The molecule has 1 N–H and O–H groups in total. The van der Waals surface area contributed by atoms with Crippen LogP contribution in [0.5, 0.6) is 0 Å². The number of anilines is 1. The Morgan fingerprint density at radius 3 is 2.10 bits per heavy atom. The minimum atomic E-state index is -0.294. The highest BCUT2D eigenvalue weighted by atomic mass is 35.5. The fraction of sp³-hybridized carbons (Fsp3) is 0.154. The Labute approximate surface area is 182 Å². The highest BCUT2D eigenvalue weighted by Gasteiger charge is 2.24. The Bertz CT molecular complexity index is 1020. The fourth-order valence-corrected chi connectivity index (χ4v) is 3.41. The number of amides is 1. The first kappa shape index (κ1) is 21.5. The average molecular weight is 418 g/mol. The van der Waals surface area contributed by atoms with Crippen LogP contribution in [0.25, 0.3) is 6.08 Å². The second-order valence-corrected chi connectivity index (χ2v) is 7.88. The maximum atomic E-state index is 12.9. The van der Waals surface area contributed by atoms with E-state index in [-0.39, 0.29) is 23.5 Å². The summed E-state index contributed by atoms with van der Waals surface area (Å²) in [5, 5.41) is 3.60. The largest absolute Gasteiger partial charge is 0.326 e. The fourth-order valence-electron chi connectivity index (χ4n) is 3.28. The summed E-state index contributed by atoms with van der Waals surface area (Å²) >= 11 is 5.97. The molecule has 4 heteroatoms. The topological polar surface area (TPSA) is 46.2 Å². The molecule has 1 unspecified atom stereocenters. The number of ketones is 1. The molecule has 3 nitrogen and oxygen atoms in total. The summed E-state index contributed by atoms with van der Waals surface area (Å²) < 4.78 is 0. The number of benzene rings is 3. The molecule has 0 heterocycles. The lowest BCUT2D eigenvalue weighted by atomic mass is 9.87. The van der Waals surface area contributed by atoms with Crippen molar-refractivity contribution in [3.8, 4) is 0 Å². The molecule has 0 aliphatic rings. The smallest absolute Gasteiger partial charge is 0.232 e. The summed E-state index contributed by atoms with van der Waals surface area (Å²) in [6.45, 7) is 4.03. The van der Waals surface area contributed by atoms with Crippen molar-refractivity contribution in [3.63, 3.8) is 0 Å². The van der Waals surface area contributed by atoms with Crippen LogP contribution < -0.4 is 5.32 Å². The van der Waals surface area contributed by atoms with Gasteiger partial charge < -0.3 is 5.32 Å². The van der Waals surface area contributed by atoms with Crippen molar-refractivity contribution in [2.75, 3.05) is 5.32 Å². The van der Waals surface area contributed by atoms with E-state index in [9.17, 15) is 9.59 Å². The lowest BCUT2D eigenvalue weighted by molar-refractivity contribution is -0.118. The predicted molar refractivity (Wildman–Crippen MR) is 124 cm³/mol. The highest BCUT2D eigenvalue weighted by molar-refractivity contribution is 6.30. The van der Waals surface area contributed by atoms with Crippen LogP contribution in [0.4, 0.5) is 5.69 Å². The first-order valence-corrected chi connectivity index (χ1v) is 10.3. The minimum Gasteiger partial charge on any atom is -0.326 e. The molecule has 1 atom stereocenters. The molecular formula is C26H24ClNO2. The molecule has 0 aliphatic heterocycles. The Balaban J connectivity index is 1.68. The molecule has 0 fully saturated rings. The number of hydrogen-bond donors (Lipinski definition) is 1. The molecule has 3 rings (SSSR count). The van der Waals surface area contributed by atoms with Gasteiger partial charge in [-0.2, -0.15) is 0 Å². The molecule has 30 heavy (non-hydrogen) atoms. The molecule has 3 aromatic rings. The Hall–Kier alpha value is -3.17. The lowest BCUT2D eigenvalue weighted by Gasteiger charge is -2.21. The molecule has 0 saturated carbocycles. The molecule has 3 aromatic carbocycles. The monoisotopic (exact) mass is 417 g/mol. The van der Waals surface area contributed by atoms with Gasteiger partial charge in [-0.1, -0.05) is 74.0 Å². The number of hydrogen-bond acceptors (Lipinski definition) is 2. The van der Waals surface area contributed by atoms with Crippen LogP contribution in [0.15, 0.2) is 84.9 Å². The van der Waals surface area contributed by atoms with Gasteiger partial charge in [0.2, 0.25) is 5.91 Å². The maximum Gasteiger partial charge on any atom is 0.232 e. The summed E-state index contributed by atoms with van der Waals surface area (Å²) in [4.78, 5) is 25.3. The van der Waals surface area contributed by atoms with Crippen LogP contribution in [-0.4, -0.2) is 11.7 Å². The van der Waals surface area contributed by atoms with Crippen molar-refractivity contribution in [3.05, 3.63) is 107 Å². The second kappa shape index (κ2) is 10.0. The average Bonchev–Trinajstić information content (AvgIpc) is 2.74. The van der Waals surface area contributed by atoms with Crippen LogP contribution in [0.1, 0.15) is 41.3 Å². The molecule has 0 bridgehead atoms. The van der Waals surface area contributed by atoms with E-state index in [1.807, 2.05) is 56.3 Å². The van der Waals surface area contributed by atoms with Crippen LogP contribution in [0.2, 0.25) is 5.02 Å². The predicted octanol–water partition coefficient (Wildman–Crippen LogP) is 6.61. The van der Waals surface area contributed by atoms with Crippen LogP contribution in [0, 0.1) is 5.92 Å². The van der Waals surface area contributed by atoms with Crippen molar-refractivity contribution in [1.82, 2.24) is 0 Å². The van der Waals surface area contributed by atoms with Gasteiger partial charge in [0.05, 0.1) is 5.92 Å².